The zero-order chi connectivity index (χ0) is 21.0. The molecule has 0 radical (unpaired) electrons. The Hall–Kier alpha value is -3.19. The Kier molecular flexibility index (Phi) is 6.29. The number of carbonyl (C=O) groups excluding carboxylic acids is 1. The molecule has 0 aliphatic carbocycles. The van der Waals surface area contributed by atoms with Gasteiger partial charge in [0.15, 0.2) is 0 Å². The lowest BCUT2D eigenvalue weighted by Crippen LogP contribution is -2.42. The van der Waals surface area contributed by atoms with E-state index in [1.54, 1.807) is 48.1 Å². The van der Waals surface area contributed by atoms with Crippen LogP contribution in [0.25, 0.3) is 16.6 Å². The number of para-hydroxylation sites is 1. The molecule has 0 aliphatic rings. The normalized spacial score (nSPS) is 12.2. The van der Waals surface area contributed by atoms with Crippen LogP contribution in [0.15, 0.2) is 53.3 Å². The highest BCUT2D eigenvalue weighted by Crippen LogP contribution is 2.17. The fourth-order valence-electron chi connectivity index (χ4n) is 3.21. The molecule has 152 valence electrons. The highest BCUT2D eigenvalue weighted by molar-refractivity contribution is 5.78. The van der Waals surface area contributed by atoms with Gasteiger partial charge >= 0.3 is 5.97 Å². The second-order valence-corrected chi connectivity index (χ2v) is 7.01. The van der Waals surface area contributed by atoms with Crippen molar-refractivity contribution in [3.63, 3.8) is 0 Å². The lowest BCUT2D eigenvalue weighted by atomic mass is 10.0. The Bertz CT molecular complexity index is 1060. The lowest BCUT2D eigenvalue weighted by molar-refractivity contribution is -0.144. The molecule has 0 fully saturated rings. The van der Waals surface area contributed by atoms with Crippen LogP contribution >= 0.6 is 0 Å². The van der Waals surface area contributed by atoms with Gasteiger partial charge in [0.2, 0.25) is 0 Å². The maximum absolute atomic E-state index is 13.2. The summed E-state index contributed by atoms with van der Waals surface area (Å²) in [4.78, 5) is 30.0. The fraction of sp³-hybridized carbons (Fsp3) is 0.318. The minimum atomic E-state index is -0.507. The first kappa shape index (κ1) is 20.5. The van der Waals surface area contributed by atoms with Crippen LogP contribution < -0.4 is 15.6 Å². The molecular formula is C22H25N3O4. The van der Waals surface area contributed by atoms with Crippen LogP contribution in [0.1, 0.15) is 19.7 Å². The summed E-state index contributed by atoms with van der Waals surface area (Å²) < 4.78 is 11.7. The smallest absolute Gasteiger partial charge is 0.323 e. The largest absolute Gasteiger partial charge is 0.497 e. The van der Waals surface area contributed by atoms with Crippen molar-refractivity contribution in [3.8, 4) is 11.4 Å². The molecule has 1 atom stereocenters. The van der Waals surface area contributed by atoms with Crippen molar-refractivity contribution < 1.29 is 14.3 Å². The van der Waals surface area contributed by atoms with E-state index in [0.717, 1.165) is 0 Å². The van der Waals surface area contributed by atoms with Gasteiger partial charge in [0, 0.05) is 0 Å². The van der Waals surface area contributed by atoms with E-state index in [2.05, 4.69) is 10.3 Å². The van der Waals surface area contributed by atoms with Gasteiger partial charge in [0.05, 0.1) is 37.4 Å². The summed E-state index contributed by atoms with van der Waals surface area (Å²) in [6.45, 7) is 4.09. The summed E-state index contributed by atoms with van der Waals surface area (Å²) >= 11 is 0. The Morgan fingerprint density at radius 3 is 2.41 bits per heavy atom. The number of rotatable bonds is 7. The Morgan fingerprint density at radius 2 is 1.79 bits per heavy atom. The zero-order valence-corrected chi connectivity index (χ0v) is 17.0. The Morgan fingerprint density at radius 1 is 1.10 bits per heavy atom. The Labute approximate surface area is 169 Å². The molecule has 0 amide bonds. The van der Waals surface area contributed by atoms with Crippen LogP contribution in [0.3, 0.4) is 0 Å². The van der Waals surface area contributed by atoms with E-state index < -0.39 is 6.04 Å². The first-order chi connectivity index (χ1) is 14.0. The van der Waals surface area contributed by atoms with Gasteiger partial charge in [-0.1, -0.05) is 26.0 Å². The minimum Gasteiger partial charge on any atom is -0.497 e. The van der Waals surface area contributed by atoms with Gasteiger partial charge in [-0.25, -0.2) is 4.98 Å². The molecule has 7 nitrogen and oxygen atoms in total. The minimum absolute atomic E-state index is 0.0177. The van der Waals surface area contributed by atoms with Crippen molar-refractivity contribution in [2.24, 2.45) is 5.92 Å². The average molecular weight is 395 g/mol. The average Bonchev–Trinajstić information content (AvgIpc) is 2.74. The van der Waals surface area contributed by atoms with Gasteiger partial charge in [-0.15, -0.1) is 0 Å². The van der Waals surface area contributed by atoms with E-state index in [0.29, 0.717) is 28.2 Å². The fourth-order valence-corrected chi connectivity index (χ4v) is 3.21. The van der Waals surface area contributed by atoms with E-state index >= 15 is 0 Å². The molecule has 1 N–H and O–H groups in total. The van der Waals surface area contributed by atoms with Crippen molar-refractivity contribution in [1.29, 1.82) is 0 Å². The van der Waals surface area contributed by atoms with Gasteiger partial charge in [0.1, 0.15) is 17.6 Å². The summed E-state index contributed by atoms with van der Waals surface area (Å²) in [5.41, 5.74) is 1.11. The molecular weight excluding hydrogens is 370 g/mol. The second-order valence-electron chi connectivity index (χ2n) is 7.01. The number of ether oxygens (including phenoxy) is 2. The molecule has 3 aromatic rings. The third kappa shape index (κ3) is 4.30. The Balaban J connectivity index is 2.09. The van der Waals surface area contributed by atoms with E-state index in [-0.39, 0.29) is 24.0 Å². The first-order valence-corrected chi connectivity index (χ1v) is 9.42. The van der Waals surface area contributed by atoms with Crippen LogP contribution in [-0.4, -0.2) is 35.8 Å². The zero-order valence-electron chi connectivity index (χ0n) is 17.0. The number of nitrogens with one attached hydrogen (secondary N) is 1. The van der Waals surface area contributed by atoms with Crippen LogP contribution in [0.2, 0.25) is 0 Å². The van der Waals surface area contributed by atoms with Crippen molar-refractivity contribution in [2.75, 3.05) is 14.2 Å². The summed E-state index contributed by atoms with van der Waals surface area (Å²) in [7, 11) is 2.95. The monoisotopic (exact) mass is 395 g/mol. The summed E-state index contributed by atoms with van der Waals surface area (Å²) in [5.74, 6) is 0.873. The van der Waals surface area contributed by atoms with Gasteiger partial charge in [0.25, 0.3) is 5.56 Å². The van der Waals surface area contributed by atoms with E-state index in [1.165, 1.54) is 7.11 Å². The number of hydrogen-bond acceptors (Lipinski definition) is 6. The maximum Gasteiger partial charge on any atom is 0.323 e. The molecule has 0 saturated heterocycles. The number of nitrogens with zero attached hydrogens (tertiary/aromatic N) is 2. The van der Waals surface area contributed by atoms with Crippen LogP contribution in [0, 0.1) is 5.92 Å². The maximum atomic E-state index is 13.2. The molecule has 2 aromatic carbocycles. The molecule has 0 saturated carbocycles. The van der Waals surface area contributed by atoms with Crippen molar-refractivity contribution in [2.45, 2.75) is 26.4 Å². The SMILES string of the molecule is COC(=O)C(NCc1nc2ccccc2c(=O)n1-c1ccc(OC)cc1)C(C)C. The lowest BCUT2D eigenvalue weighted by Gasteiger charge is -2.21. The molecule has 0 bridgehead atoms. The van der Waals surface area contributed by atoms with Crippen LogP contribution in [0.5, 0.6) is 5.75 Å². The number of methoxy groups -OCH3 is 2. The molecule has 0 aliphatic heterocycles. The van der Waals surface area contributed by atoms with Gasteiger partial charge in [-0.05, 0) is 42.3 Å². The van der Waals surface area contributed by atoms with E-state index in [4.69, 9.17) is 9.47 Å². The number of hydrogen-bond donors (Lipinski definition) is 1. The number of aromatic nitrogens is 2. The standard InChI is InChI=1S/C22H25N3O4/c1-14(2)20(22(27)29-4)23-13-19-24-18-8-6-5-7-17(18)21(26)25(19)15-9-11-16(28-3)12-10-15/h5-12,14,20,23H,13H2,1-4H3. The van der Waals surface area contributed by atoms with Gasteiger partial charge < -0.3 is 9.47 Å². The molecule has 0 spiro atoms. The van der Waals surface area contributed by atoms with Crippen molar-refractivity contribution in [3.05, 3.63) is 64.7 Å². The topological polar surface area (TPSA) is 82.5 Å². The van der Waals surface area contributed by atoms with Crippen molar-refractivity contribution >= 4 is 16.9 Å². The molecule has 7 heteroatoms. The van der Waals surface area contributed by atoms with Crippen LogP contribution in [0.4, 0.5) is 0 Å². The van der Waals surface area contributed by atoms with Gasteiger partial charge in [-0.3, -0.25) is 19.5 Å². The predicted octanol–water partition coefficient (Wildman–Crippen LogP) is 2.68. The summed E-state index contributed by atoms with van der Waals surface area (Å²) in [6, 6.07) is 13.9. The third-order valence-electron chi connectivity index (χ3n) is 4.78. The summed E-state index contributed by atoms with van der Waals surface area (Å²) in [6.07, 6.45) is 0. The second kappa shape index (κ2) is 8.87. The number of carbonyl (C=O) groups is 1. The quantitative estimate of drug-likeness (QED) is 0.620. The molecule has 29 heavy (non-hydrogen) atoms. The van der Waals surface area contributed by atoms with E-state index in [1.807, 2.05) is 26.0 Å². The third-order valence-corrected chi connectivity index (χ3v) is 4.78. The number of fused-ring (bicyclic) bond motifs is 1. The van der Waals surface area contributed by atoms with Crippen molar-refractivity contribution in [1.82, 2.24) is 14.9 Å². The molecule has 1 heterocycles. The highest BCUT2D eigenvalue weighted by atomic mass is 16.5. The molecule has 3 rings (SSSR count). The number of benzene rings is 2. The highest BCUT2D eigenvalue weighted by Gasteiger charge is 2.23. The first-order valence-electron chi connectivity index (χ1n) is 9.42. The van der Waals surface area contributed by atoms with Crippen LogP contribution in [-0.2, 0) is 16.1 Å². The molecule has 1 aromatic heterocycles. The predicted molar refractivity (Wildman–Crippen MR) is 111 cm³/mol. The van der Waals surface area contributed by atoms with E-state index in [9.17, 15) is 9.59 Å². The molecule has 1 unspecified atom stereocenters. The number of esters is 1. The summed E-state index contributed by atoms with van der Waals surface area (Å²) in [5, 5.41) is 3.72. The van der Waals surface area contributed by atoms with Gasteiger partial charge in [-0.2, -0.15) is 0 Å².